The van der Waals surface area contributed by atoms with Gasteiger partial charge in [0.15, 0.2) is 18.2 Å². The maximum Gasteiger partial charge on any atom is 0.339 e. The smallest absolute Gasteiger partial charge is 0.339 e. The Kier molecular flexibility index (Phi) is 5.16. The monoisotopic (exact) mass is 365 g/mol. The lowest BCUT2D eigenvalue weighted by Crippen LogP contribution is -2.35. The summed E-state index contributed by atoms with van der Waals surface area (Å²) in [6, 6.07) is 10.9. The van der Waals surface area contributed by atoms with Crippen molar-refractivity contribution < 1.29 is 23.9 Å². The van der Waals surface area contributed by atoms with Crippen LogP contribution in [0.3, 0.4) is 0 Å². The summed E-state index contributed by atoms with van der Waals surface area (Å²) < 4.78 is 5.06. The number of ketones is 2. The van der Waals surface area contributed by atoms with Gasteiger partial charge in [-0.25, -0.2) is 4.79 Å². The number of rotatable bonds is 5. The largest absolute Gasteiger partial charge is 0.452 e. The average Bonchev–Trinajstić information content (AvgIpc) is 2.69. The molecule has 1 aliphatic carbocycles. The highest BCUT2D eigenvalue weighted by atomic mass is 16.5. The summed E-state index contributed by atoms with van der Waals surface area (Å²) in [4.78, 5) is 49.8. The average molecular weight is 365 g/mol. The van der Waals surface area contributed by atoms with Gasteiger partial charge in [0.25, 0.3) is 5.91 Å². The predicted octanol–water partition coefficient (Wildman–Crippen LogP) is 2.53. The number of carbonyl (C=O) groups excluding carboxylic acids is 4. The van der Waals surface area contributed by atoms with Crippen molar-refractivity contribution in [2.45, 2.75) is 26.3 Å². The zero-order valence-corrected chi connectivity index (χ0v) is 15.1. The van der Waals surface area contributed by atoms with Gasteiger partial charge in [-0.15, -0.1) is 0 Å². The fourth-order valence-corrected chi connectivity index (χ4v) is 2.94. The fraction of sp³-hybridized carbons (Fsp3) is 0.238. The van der Waals surface area contributed by atoms with Gasteiger partial charge in [0.05, 0.1) is 5.56 Å². The molecule has 0 radical (unpaired) electrons. The van der Waals surface area contributed by atoms with Crippen molar-refractivity contribution in [2.75, 3.05) is 6.61 Å². The maximum absolute atomic E-state index is 12.9. The van der Waals surface area contributed by atoms with E-state index in [0.29, 0.717) is 5.56 Å². The first-order valence-corrected chi connectivity index (χ1v) is 8.72. The number of hydrogen-bond acceptors (Lipinski definition) is 5. The Morgan fingerprint density at radius 2 is 1.59 bits per heavy atom. The van der Waals surface area contributed by atoms with Crippen molar-refractivity contribution in [1.29, 1.82) is 0 Å². The zero-order chi connectivity index (χ0) is 19.6. The molecular weight excluding hydrogens is 346 g/mol. The van der Waals surface area contributed by atoms with Crippen LogP contribution in [0.25, 0.3) is 0 Å². The summed E-state index contributed by atoms with van der Waals surface area (Å²) in [5.41, 5.74) is 0.737. The molecule has 138 valence electrons. The number of benzene rings is 2. The summed E-state index contributed by atoms with van der Waals surface area (Å²) in [7, 11) is 0. The quantitative estimate of drug-likeness (QED) is 0.702. The molecule has 2 aromatic carbocycles. The summed E-state index contributed by atoms with van der Waals surface area (Å²) in [6.07, 6.45) is 0.752. The van der Waals surface area contributed by atoms with Crippen molar-refractivity contribution >= 4 is 23.4 Å². The molecule has 0 saturated carbocycles. The van der Waals surface area contributed by atoms with Crippen molar-refractivity contribution in [3.63, 3.8) is 0 Å². The highest BCUT2D eigenvalue weighted by Crippen LogP contribution is 2.29. The van der Waals surface area contributed by atoms with Crippen molar-refractivity contribution in [1.82, 2.24) is 5.32 Å². The first kappa shape index (κ1) is 18.5. The molecule has 0 heterocycles. The Balaban J connectivity index is 1.87. The molecule has 0 spiro atoms. The van der Waals surface area contributed by atoms with Crippen LogP contribution in [0.2, 0.25) is 0 Å². The number of ether oxygens (including phenoxy) is 1. The molecule has 1 N–H and O–H groups in total. The number of carbonyl (C=O) groups is 4. The number of hydrogen-bond donors (Lipinski definition) is 1. The maximum atomic E-state index is 12.9. The third-order valence-corrected chi connectivity index (χ3v) is 4.53. The minimum Gasteiger partial charge on any atom is -0.452 e. The molecule has 0 fully saturated rings. The van der Waals surface area contributed by atoms with E-state index < -0.39 is 24.3 Å². The molecule has 1 atom stereocenters. The molecule has 2 aromatic rings. The van der Waals surface area contributed by atoms with E-state index in [2.05, 4.69) is 5.32 Å². The SMILES string of the molecule is CCC(C)NC(=O)COC(=O)c1cccc2c1C(=O)c1ccccc1C2=O. The van der Waals surface area contributed by atoms with Gasteiger partial charge >= 0.3 is 5.97 Å². The summed E-state index contributed by atoms with van der Waals surface area (Å²) in [6.45, 7) is 3.31. The molecule has 6 nitrogen and oxygen atoms in total. The molecule has 6 heteroatoms. The van der Waals surface area contributed by atoms with Crippen molar-refractivity contribution in [3.05, 3.63) is 70.3 Å². The van der Waals surface area contributed by atoms with E-state index in [1.165, 1.54) is 18.2 Å². The minimum absolute atomic E-state index is 0.0170. The van der Waals surface area contributed by atoms with Gasteiger partial charge < -0.3 is 10.1 Å². The van der Waals surface area contributed by atoms with Gasteiger partial charge in [0, 0.05) is 28.3 Å². The highest BCUT2D eigenvalue weighted by molar-refractivity contribution is 6.30. The Labute approximate surface area is 156 Å². The van der Waals surface area contributed by atoms with E-state index in [4.69, 9.17) is 4.74 Å². The van der Waals surface area contributed by atoms with Crippen molar-refractivity contribution in [3.8, 4) is 0 Å². The molecule has 1 aliphatic rings. The van der Waals surface area contributed by atoms with Crippen LogP contribution in [0, 0.1) is 0 Å². The summed E-state index contributed by atoms with van der Waals surface area (Å²) >= 11 is 0. The third-order valence-electron chi connectivity index (χ3n) is 4.53. The summed E-state index contributed by atoms with van der Waals surface area (Å²) in [5, 5.41) is 2.69. The second kappa shape index (κ2) is 7.53. The number of amides is 1. The van der Waals surface area contributed by atoms with Gasteiger partial charge in [-0.1, -0.05) is 43.3 Å². The normalized spacial score (nSPS) is 13.4. The van der Waals surface area contributed by atoms with E-state index >= 15 is 0 Å². The molecule has 27 heavy (non-hydrogen) atoms. The zero-order valence-electron chi connectivity index (χ0n) is 15.1. The van der Waals surface area contributed by atoms with Crippen LogP contribution in [0.5, 0.6) is 0 Å². The Morgan fingerprint density at radius 1 is 0.963 bits per heavy atom. The minimum atomic E-state index is -0.813. The molecule has 0 bridgehead atoms. The second-order valence-electron chi connectivity index (χ2n) is 6.38. The molecule has 0 aromatic heterocycles. The Bertz CT molecular complexity index is 947. The van der Waals surface area contributed by atoms with Crippen LogP contribution in [0.1, 0.15) is 62.5 Å². The van der Waals surface area contributed by atoms with Crippen LogP contribution in [-0.2, 0) is 9.53 Å². The van der Waals surface area contributed by atoms with Crippen LogP contribution in [0.15, 0.2) is 42.5 Å². The molecule has 0 saturated heterocycles. The summed E-state index contributed by atoms with van der Waals surface area (Å²) in [5.74, 6) is -1.96. The Hall–Kier alpha value is -3.28. The van der Waals surface area contributed by atoms with Gasteiger partial charge in [0.2, 0.25) is 0 Å². The first-order chi connectivity index (χ1) is 12.9. The molecule has 1 amide bonds. The number of fused-ring (bicyclic) bond motifs is 2. The van der Waals surface area contributed by atoms with Crippen molar-refractivity contribution in [2.24, 2.45) is 0 Å². The lowest BCUT2D eigenvalue weighted by atomic mass is 9.82. The highest BCUT2D eigenvalue weighted by Gasteiger charge is 2.33. The van der Waals surface area contributed by atoms with E-state index in [9.17, 15) is 19.2 Å². The van der Waals surface area contributed by atoms with E-state index in [-0.39, 0.29) is 34.1 Å². The molecule has 1 unspecified atom stereocenters. The van der Waals surface area contributed by atoms with Gasteiger partial charge in [-0.2, -0.15) is 0 Å². The van der Waals surface area contributed by atoms with E-state index in [1.54, 1.807) is 24.3 Å². The van der Waals surface area contributed by atoms with Gasteiger partial charge in [-0.05, 0) is 19.4 Å². The standard InChI is InChI=1S/C21H19NO5/c1-3-12(2)22-17(23)11-27-21(26)16-10-6-9-15-18(16)20(25)14-8-5-4-7-13(14)19(15)24/h4-10,12H,3,11H2,1-2H3,(H,22,23). The topological polar surface area (TPSA) is 89.5 Å². The number of esters is 1. The van der Waals surface area contributed by atoms with E-state index in [1.807, 2.05) is 13.8 Å². The molecule has 0 aliphatic heterocycles. The first-order valence-electron chi connectivity index (χ1n) is 8.72. The van der Waals surface area contributed by atoms with Gasteiger partial charge in [0.1, 0.15) is 0 Å². The lowest BCUT2D eigenvalue weighted by Gasteiger charge is -2.19. The Morgan fingerprint density at radius 3 is 2.26 bits per heavy atom. The molecule has 3 rings (SSSR count). The van der Waals surface area contributed by atoms with Crippen LogP contribution >= 0.6 is 0 Å². The van der Waals surface area contributed by atoms with Crippen LogP contribution < -0.4 is 5.32 Å². The van der Waals surface area contributed by atoms with E-state index in [0.717, 1.165) is 6.42 Å². The van der Waals surface area contributed by atoms with Crippen LogP contribution in [-0.4, -0.2) is 36.1 Å². The van der Waals surface area contributed by atoms with Crippen LogP contribution in [0.4, 0.5) is 0 Å². The molecular formula is C21H19NO5. The second-order valence-corrected chi connectivity index (χ2v) is 6.38. The van der Waals surface area contributed by atoms with Gasteiger partial charge in [-0.3, -0.25) is 14.4 Å². The third kappa shape index (κ3) is 3.51. The number of nitrogens with one attached hydrogen (secondary N) is 1. The predicted molar refractivity (Wildman–Crippen MR) is 97.9 cm³/mol. The lowest BCUT2D eigenvalue weighted by molar-refractivity contribution is -0.124. The fourth-order valence-electron chi connectivity index (χ4n) is 2.94.